The maximum Gasteiger partial charge on any atom is 0.282 e. The van der Waals surface area contributed by atoms with Crippen LogP contribution in [-0.2, 0) is 9.59 Å². The first kappa shape index (κ1) is 20.9. The first-order chi connectivity index (χ1) is 14.8. The molecular formula is C26H23ClN2O2. The van der Waals surface area contributed by atoms with Crippen LogP contribution in [0.4, 0.5) is 11.4 Å². The van der Waals surface area contributed by atoms with Gasteiger partial charge in [-0.3, -0.25) is 9.59 Å². The summed E-state index contributed by atoms with van der Waals surface area (Å²) < 4.78 is 0. The molecule has 0 atom stereocenters. The van der Waals surface area contributed by atoms with E-state index in [0.717, 1.165) is 27.9 Å². The van der Waals surface area contributed by atoms with Gasteiger partial charge in [0, 0.05) is 10.7 Å². The van der Waals surface area contributed by atoms with E-state index < -0.39 is 0 Å². The van der Waals surface area contributed by atoms with Crippen LogP contribution in [0, 0.1) is 27.7 Å². The van der Waals surface area contributed by atoms with Gasteiger partial charge in [-0.2, -0.15) is 0 Å². The Morgan fingerprint density at radius 1 is 0.742 bits per heavy atom. The zero-order valence-electron chi connectivity index (χ0n) is 17.9. The van der Waals surface area contributed by atoms with Crippen LogP contribution in [0.2, 0.25) is 5.02 Å². The van der Waals surface area contributed by atoms with Crippen LogP contribution in [-0.4, -0.2) is 11.8 Å². The Kier molecular flexibility index (Phi) is 5.42. The van der Waals surface area contributed by atoms with Crippen molar-refractivity contribution in [1.29, 1.82) is 0 Å². The molecule has 0 saturated carbocycles. The van der Waals surface area contributed by atoms with Crippen LogP contribution >= 0.6 is 11.6 Å². The minimum absolute atomic E-state index is 0.263. The lowest BCUT2D eigenvalue weighted by atomic mass is 9.99. The third-order valence-corrected chi connectivity index (χ3v) is 5.85. The molecule has 2 amide bonds. The van der Waals surface area contributed by atoms with E-state index in [4.69, 9.17) is 11.6 Å². The number of rotatable bonds is 4. The molecule has 1 N–H and O–H groups in total. The molecule has 31 heavy (non-hydrogen) atoms. The minimum atomic E-state index is -0.378. The summed E-state index contributed by atoms with van der Waals surface area (Å²) in [7, 11) is 0. The summed E-state index contributed by atoms with van der Waals surface area (Å²) in [5.41, 5.74) is 6.74. The number of hydrogen-bond acceptors (Lipinski definition) is 3. The van der Waals surface area contributed by atoms with Gasteiger partial charge in [0.05, 0.1) is 11.3 Å². The third kappa shape index (κ3) is 3.87. The van der Waals surface area contributed by atoms with Gasteiger partial charge >= 0.3 is 0 Å². The highest BCUT2D eigenvalue weighted by Gasteiger charge is 2.40. The summed E-state index contributed by atoms with van der Waals surface area (Å²) in [6.45, 7) is 7.88. The van der Waals surface area contributed by atoms with Crippen LogP contribution in [0.3, 0.4) is 0 Å². The molecule has 0 saturated heterocycles. The van der Waals surface area contributed by atoms with Crippen molar-refractivity contribution in [1.82, 2.24) is 0 Å². The summed E-state index contributed by atoms with van der Waals surface area (Å²) in [4.78, 5) is 28.2. The number of nitrogens with one attached hydrogen (secondary N) is 1. The lowest BCUT2D eigenvalue weighted by Gasteiger charge is -2.16. The summed E-state index contributed by atoms with van der Waals surface area (Å²) >= 11 is 6.09. The van der Waals surface area contributed by atoms with Crippen LogP contribution in [0.1, 0.15) is 27.8 Å². The van der Waals surface area contributed by atoms with Crippen LogP contribution in [0.5, 0.6) is 0 Å². The Morgan fingerprint density at radius 2 is 1.45 bits per heavy atom. The minimum Gasteiger partial charge on any atom is -0.350 e. The van der Waals surface area contributed by atoms with Crippen molar-refractivity contribution in [2.45, 2.75) is 27.7 Å². The van der Waals surface area contributed by atoms with Gasteiger partial charge in [-0.25, -0.2) is 4.90 Å². The molecule has 156 valence electrons. The Balaban J connectivity index is 1.85. The second-order valence-corrected chi connectivity index (χ2v) is 8.35. The van der Waals surface area contributed by atoms with Crippen LogP contribution < -0.4 is 10.2 Å². The number of hydrogen-bond donors (Lipinski definition) is 1. The van der Waals surface area contributed by atoms with Gasteiger partial charge in [0.1, 0.15) is 5.70 Å². The number of benzene rings is 3. The fourth-order valence-corrected chi connectivity index (χ4v) is 3.87. The smallest absolute Gasteiger partial charge is 0.282 e. The molecule has 1 aliphatic rings. The summed E-state index contributed by atoms with van der Waals surface area (Å²) in [6, 6.07) is 18.6. The molecule has 0 unspecified atom stereocenters. The largest absolute Gasteiger partial charge is 0.350 e. The van der Waals surface area contributed by atoms with E-state index in [0.29, 0.717) is 21.8 Å². The third-order valence-electron chi connectivity index (χ3n) is 5.62. The van der Waals surface area contributed by atoms with Crippen LogP contribution in [0.25, 0.3) is 5.57 Å². The molecule has 4 rings (SSSR count). The maximum atomic E-state index is 13.5. The molecular weight excluding hydrogens is 408 g/mol. The van der Waals surface area contributed by atoms with Gasteiger partial charge in [-0.05, 0) is 80.3 Å². The number of carbonyl (C=O) groups excluding carboxylic acids is 2. The van der Waals surface area contributed by atoms with E-state index >= 15 is 0 Å². The molecule has 0 radical (unpaired) electrons. The first-order valence-corrected chi connectivity index (χ1v) is 10.4. The summed E-state index contributed by atoms with van der Waals surface area (Å²) in [5.74, 6) is -0.720. The normalized spacial score (nSPS) is 13.9. The van der Waals surface area contributed by atoms with Crippen molar-refractivity contribution in [2.24, 2.45) is 0 Å². The quantitative estimate of drug-likeness (QED) is 0.518. The van der Waals surface area contributed by atoms with E-state index in [1.165, 1.54) is 4.90 Å². The molecule has 3 aromatic carbocycles. The van der Waals surface area contributed by atoms with Crippen molar-refractivity contribution < 1.29 is 9.59 Å². The molecule has 0 aromatic heterocycles. The molecule has 0 aliphatic carbocycles. The van der Waals surface area contributed by atoms with Gasteiger partial charge in [0.25, 0.3) is 11.8 Å². The Bertz CT molecular complexity index is 1240. The van der Waals surface area contributed by atoms with Gasteiger partial charge in [-0.1, -0.05) is 47.5 Å². The number of halogens is 1. The highest BCUT2D eigenvalue weighted by Crippen LogP contribution is 2.35. The zero-order valence-corrected chi connectivity index (χ0v) is 18.7. The van der Waals surface area contributed by atoms with E-state index in [1.54, 1.807) is 18.2 Å². The highest BCUT2D eigenvalue weighted by atomic mass is 35.5. The van der Waals surface area contributed by atoms with Crippen molar-refractivity contribution in [3.8, 4) is 0 Å². The molecule has 0 spiro atoms. The fourth-order valence-electron chi connectivity index (χ4n) is 3.64. The molecule has 4 nitrogen and oxygen atoms in total. The lowest BCUT2D eigenvalue weighted by Crippen LogP contribution is -2.32. The molecule has 1 aliphatic heterocycles. The summed E-state index contributed by atoms with van der Waals surface area (Å²) in [5, 5.41) is 3.83. The number of aryl methyl sites for hydroxylation is 4. The second kappa shape index (κ2) is 8.05. The second-order valence-electron chi connectivity index (χ2n) is 7.91. The lowest BCUT2D eigenvalue weighted by molar-refractivity contribution is -0.120. The molecule has 5 heteroatoms. The number of amides is 2. The van der Waals surface area contributed by atoms with Gasteiger partial charge < -0.3 is 5.32 Å². The van der Waals surface area contributed by atoms with E-state index in [1.807, 2.05) is 70.2 Å². The number of carbonyl (C=O) groups is 2. The topological polar surface area (TPSA) is 49.4 Å². The van der Waals surface area contributed by atoms with Crippen molar-refractivity contribution in [3.05, 3.63) is 99.2 Å². The van der Waals surface area contributed by atoms with E-state index in [2.05, 4.69) is 5.32 Å². The Labute approximate surface area is 187 Å². The Hall–Kier alpha value is -3.37. The van der Waals surface area contributed by atoms with E-state index in [9.17, 15) is 9.59 Å². The average molecular weight is 431 g/mol. The predicted octanol–water partition coefficient (Wildman–Crippen LogP) is 5.97. The fraction of sp³-hybridized carbons (Fsp3) is 0.154. The van der Waals surface area contributed by atoms with E-state index in [-0.39, 0.29) is 17.5 Å². The molecule has 0 fully saturated rings. The van der Waals surface area contributed by atoms with Crippen LogP contribution in [0.15, 0.2) is 66.4 Å². The first-order valence-electron chi connectivity index (χ1n) is 10.1. The average Bonchev–Trinajstić information content (AvgIpc) is 2.97. The maximum absolute atomic E-state index is 13.5. The SMILES string of the molecule is Cc1ccc(N2C(=O)C(Nc3ccc(Cl)cc3C)=C(c3ccc(C)c(C)c3)C2=O)cc1. The molecule has 3 aromatic rings. The van der Waals surface area contributed by atoms with Crippen molar-refractivity contribution >= 4 is 40.4 Å². The number of nitrogens with zero attached hydrogens (tertiary/aromatic N) is 1. The molecule has 0 bridgehead atoms. The Morgan fingerprint density at radius 3 is 2.10 bits per heavy atom. The van der Waals surface area contributed by atoms with Gasteiger partial charge in [0.15, 0.2) is 0 Å². The van der Waals surface area contributed by atoms with Gasteiger partial charge in [-0.15, -0.1) is 0 Å². The zero-order chi connectivity index (χ0) is 22.3. The summed E-state index contributed by atoms with van der Waals surface area (Å²) in [6.07, 6.45) is 0. The van der Waals surface area contributed by atoms with Crippen molar-refractivity contribution in [3.63, 3.8) is 0 Å². The van der Waals surface area contributed by atoms with Crippen molar-refractivity contribution in [2.75, 3.05) is 10.2 Å². The number of imide groups is 1. The standard InChI is InChI=1S/C26H23ClN2O2/c1-15-5-10-21(11-6-15)29-25(30)23(19-8-7-16(2)17(3)13-19)24(26(29)31)28-22-12-9-20(27)14-18(22)4/h5-14,28H,1-4H3. The molecule has 1 heterocycles. The number of anilines is 2. The highest BCUT2D eigenvalue weighted by molar-refractivity contribution is 6.46. The predicted molar refractivity (Wildman–Crippen MR) is 126 cm³/mol. The van der Waals surface area contributed by atoms with Gasteiger partial charge in [0.2, 0.25) is 0 Å². The monoisotopic (exact) mass is 430 g/mol.